The van der Waals surface area contributed by atoms with Crippen molar-refractivity contribution >= 4 is 0 Å². The molecule has 5 heteroatoms. The lowest BCUT2D eigenvalue weighted by Crippen LogP contribution is -2.01. The van der Waals surface area contributed by atoms with E-state index in [1.165, 1.54) is 12.1 Å². The van der Waals surface area contributed by atoms with Crippen molar-refractivity contribution in [1.82, 2.24) is 9.55 Å². The summed E-state index contributed by atoms with van der Waals surface area (Å²) >= 11 is 0. The molecule has 1 aliphatic heterocycles. The molecule has 0 N–H and O–H groups in total. The normalized spacial score (nSPS) is 12.8. The molecule has 0 fully saturated rings. The van der Waals surface area contributed by atoms with Crippen LogP contribution in [-0.4, -0.2) is 23.3 Å². The number of ether oxygens (including phenoxy) is 2. The monoisotopic (exact) mass is 310 g/mol. The van der Waals surface area contributed by atoms with Crippen LogP contribution in [0.4, 0.5) is 4.39 Å². The van der Waals surface area contributed by atoms with E-state index in [0.717, 1.165) is 23.4 Å². The molecule has 4 rings (SSSR count). The van der Waals surface area contributed by atoms with Crippen molar-refractivity contribution in [3.8, 4) is 28.6 Å². The summed E-state index contributed by atoms with van der Waals surface area (Å²) in [6.45, 7) is 0.680. The summed E-state index contributed by atoms with van der Waals surface area (Å²) in [5.74, 6) is 1.80. The van der Waals surface area contributed by atoms with E-state index < -0.39 is 0 Å². The minimum Gasteiger partial charge on any atom is -0.496 e. The molecule has 0 amide bonds. The Hall–Kier alpha value is -2.82. The SMILES string of the molecule is COc1ccc(F)cc1-c1nccn1-c1cccc2c1CCO2. The fourth-order valence-electron chi connectivity index (χ4n) is 2.98. The van der Waals surface area contributed by atoms with Crippen LogP contribution in [0, 0.1) is 5.82 Å². The summed E-state index contributed by atoms with van der Waals surface area (Å²) in [5.41, 5.74) is 2.76. The Kier molecular flexibility index (Phi) is 3.26. The van der Waals surface area contributed by atoms with Crippen LogP contribution in [0.2, 0.25) is 0 Å². The van der Waals surface area contributed by atoms with Crippen molar-refractivity contribution in [3.05, 3.63) is 60.2 Å². The predicted molar refractivity (Wildman–Crippen MR) is 84.7 cm³/mol. The molecule has 1 aromatic heterocycles. The highest BCUT2D eigenvalue weighted by Gasteiger charge is 2.20. The van der Waals surface area contributed by atoms with Gasteiger partial charge in [0, 0.05) is 24.4 Å². The second-order valence-electron chi connectivity index (χ2n) is 5.32. The molecule has 1 aliphatic rings. The number of hydrogen-bond acceptors (Lipinski definition) is 3. The minimum absolute atomic E-state index is 0.322. The first-order valence-corrected chi connectivity index (χ1v) is 7.40. The summed E-state index contributed by atoms with van der Waals surface area (Å²) in [6, 6.07) is 10.4. The largest absolute Gasteiger partial charge is 0.496 e. The molecule has 0 unspecified atom stereocenters. The Labute approximate surface area is 133 Å². The number of methoxy groups -OCH3 is 1. The second-order valence-corrected chi connectivity index (χ2v) is 5.32. The molecule has 0 aliphatic carbocycles. The number of aromatic nitrogens is 2. The van der Waals surface area contributed by atoms with Crippen molar-refractivity contribution in [2.24, 2.45) is 0 Å². The number of benzene rings is 2. The maximum atomic E-state index is 13.7. The lowest BCUT2D eigenvalue weighted by molar-refractivity contribution is 0.357. The molecule has 2 heterocycles. The highest BCUT2D eigenvalue weighted by atomic mass is 19.1. The number of halogens is 1. The third-order valence-corrected chi connectivity index (χ3v) is 4.02. The summed E-state index contributed by atoms with van der Waals surface area (Å²) in [4.78, 5) is 4.41. The van der Waals surface area contributed by atoms with Gasteiger partial charge >= 0.3 is 0 Å². The standard InChI is InChI=1S/C18H15FN2O2/c1-22-16-6-5-12(19)11-14(16)18-20-8-9-21(18)15-3-2-4-17-13(15)7-10-23-17/h2-6,8-9,11H,7,10H2,1H3. The fourth-order valence-corrected chi connectivity index (χ4v) is 2.98. The Bertz CT molecular complexity index is 857. The van der Waals surface area contributed by atoms with Gasteiger partial charge in [-0.2, -0.15) is 0 Å². The molecule has 116 valence electrons. The zero-order valence-electron chi connectivity index (χ0n) is 12.6. The maximum absolute atomic E-state index is 13.7. The number of imidazole rings is 1. The summed E-state index contributed by atoms with van der Waals surface area (Å²) < 4.78 is 26.7. The van der Waals surface area contributed by atoms with Gasteiger partial charge in [-0.05, 0) is 30.3 Å². The summed E-state index contributed by atoms with van der Waals surface area (Å²) in [6.07, 6.45) is 4.42. The Morgan fingerprint density at radius 2 is 2.17 bits per heavy atom. The van der Waals surface area contributed by atoms with Gasteiger partial charge in [-0.1, -0.05) is 6.07 Å². The summed E-state index contributed by atoms with van der Waals surface area (Å²) in [5, 5.41) is 0. The number of rotatable bonds is 3. The average Bonchev–Trinajstić information content (AvgIpc) is 3.23. The van der Waals surface area contributed by atoms with E-state index >= 15 is 0 Å². The van der Waals surface area contributed by atoms with E-state index in [0.29, 0.717) is 23.7 Å². The first-order chi connectivity index (χ1) is 11.3. The minimum atomic E-state index is -0.322. The Balaban J connectivity index is 1.91. The van der Waals surface area contributed by atoms with Crippen molar-refractivity contribution in [2.75, 3.05) is 13.7 Å². The van der Waals surface area contributed by atoms with Crippen LogP contribution in [0.15, 0.2) is 48.8 Å². The van der Waals surface area contributed by atoms with Gasteiger partial charge in [0.15, 0.2) is 0 Å². The molecule has 0 spiro atoms. The first-order valence-electron chi connectivity index (χ1n) is 7.40. The van der Waals surface area contributed by atoms with Crippen LogP contribution in [-0.2, 0) is 6.42 Å². The van der Waals surface area contributed by atoms with Crippen LogP contribution in [0.25, 0.3) is 17.1 Å². The summed E-state index contributed by atoms with van der Waals surface area (Å²) in [7, 11) is 1.57. The molecular formula is C18H15FN2O2. The Morgan fingerprint density at radius 3 is 3.04 bits per heavy atom. The molecule has 4 nitrogen and oxygen atoms in total. The van der Waals surface area contributed by atoms with Crippen LogP contribution in [0.3, 0.4) is 0 Å². The average molecular weight is 310 g/mol. The first kappa shape index (κ1) is 13.8. The number of nitrogens with zero attached hydrogens (tertiary/aromatic N) is 2. The topological polar surface area (TPSA) is 36.3 Å². The van der Waals surface area contributed by atoms with Gasteiger partial charge in [0.1, 0.15) is 23.1 Å². The smallest absolute Gasteiger partial charge is 0.148 e. The lowest BCUT2D eigenvalue weighted by Gasteiger charge is -2.13. The van der Waals surface area contributed by atoms with Gasteiger partial charge in [-0.15, -0.1) is 0 Å². The number of fused-ring (bicyclic) bond motifs is 1. The van der Waals surface area contributed by atoms with Gasteiger partial charge < -0.3 is 9.47 Å². The van der Waals surface area contributed by atoms with Crippen LogP contribution < -0.4 is 9.47 Å². The van der Waals surface area contributed by atoms with E-state index in [9.17, 15) is 4.39 Å². The van der Waals surface area contributed by atoms with E-state index in [1.54, 1.807) is 19.4 Å². The lowest BCUT2D eigenvalue weighted by atomic mass is 10.1. The van der Waals surface area contributed by atoms with Crippen LogP contribution in [0.1, 0.15) is 5.56 Å². The van der Waals surface area contributed by atoms with E-state index in [4.69, 9.17) is 9.47 Å². The van der Waals surface area contributed by atoms with E-state index in [1.807, 2.05) is 29.0 Å². The van der Waals surface area contributed by atoms with Crippen LogP contribution >= 0.6 is 0 Å². The molecule has 0 bridgehead atoms. The quantitative estimate of drug-likeness (QED) is 0.741. The molecule has 0 saturated carbocycles. The zero-order valence-corrected chi connectivity index (χ0v) is 12.6. The molecule has 2 aromatic carbocycles. The predicted octanol–water partition coefficient (Wildman–Crippen LogP) is 3.62. The molecule has 0 atom stereocenters. The van der Waals surface area contributed by atoms with Crippen molar-refractivity contribution < 1.29 is 13.9 Å². The fraction of sp³-hybridized carbons (Fsp3) is 0.167. The highest BCUT2D eigenvalue weighted by molar-refractivity contribution is 5.67. The molecule has 0 saturated heterocycles. The molecule has 0 radical (unpaired) electrons. The van der Waals surface area contributed by atoms with Crippen LogP contribution in [0.5, 0.6) is 11.5 Å². The van der Waals surface area contributed by atoms with Gasteiger partial charge in [0.25, 0.3) is 0 Å². The van der Waals surface area contributed by atoms with Crippen molar-refractivity contribution in [1.29, 1.82) is 0 Å². The maximum Gasteiger partial charge on any atom is 0.148 e. The molecule has 3 aromatic rings. The van der Waals surface area contributed by atoms with E-state index in [2.05, 4.69) is 4.98 Å². The van der Waals surface area contributed by atoms with E-state index in [-0.39, 0.29) is 5.82 Å². The number of hydrogen-bond donors (Lipinski definition) is 0. The third-order valence-electron chi connectivity index (χ3n) is 4.02. The van der Waals surface area contributed by atoms with Gasteiger partial charge in [0.05, 0.1) is 25.0 Å². The van der Waals surface area contributed by atoms with Crippen molar-refractivity contribution in [2.45, 2.75) is 6.42 Å². The van der Waals surface area contributed by atoms with Crippen molar-refractivity contribution in [3.63, 3.8) is 0 Å². The highest BCUT2D eigenvalue weighted by Crippen LogP contribution is 2.35. The molecule has 23 heavy (non-hydrogen) atoms. The third kappa shape index (κ3) is 2.25. The Morgan fingerprint density at radius 1 is 1.26 bits per heavy atom. The van der Waals surface area contributed by atoms with Gasteiger partial charge in [-0.25, -0.2) is 9.37 Å². The van der Waals surface area contributed by atoms with Gasteiger partial charge in [0.2, 0.25) is 0 Å². The zero-order chi connectivity index (χ0) is 15.8. The molecular weight excluding hydrogens is 295 g/mol. The van der Waals surface area contributed by atoms with Gasteiger partial charge in [-0.3, -0.25) is 4.57 Å². The second kappa shape index (κ2) is 5.43.